The lowest BCUT2D eigenvalue weighted by Crippen LogP contribution is -2.16. The van der Waals surface area contributed by atoms with Crippen LogP contribution in [-0.2, 0) is 11.4 Å². The summed E-state index contributed by atoms with van der Waals surface area (Å²) < 4.78 is 26.5. The van der Waals surface area contributed by atoms with Crippen molar-refractivity contribution < 1.29 is 18.7 Å². The number of nitrogens with one attached hydrogen (secondary N) is 1. The fourth-order valence-electron chi connectivity index (χ4n) is 2.12. The molecular weight excluding hydrogens is 290 g/mol. The maximum absolute atomic E-state index is 13.7. The van der Waals surface area contributed by atoms with Crippen molar-refractivity contribution in [2.75, 3.05) is 5.32 Å². The van der Waals surface area contributed by atoms with Crippen molar-refractivity contribution in [1.82, 2.24) is 4.98 Å². The molecule has 1 amide bonds. The molecule has 0 aliphatic rings. The summed E-state index contributed by atoms with van der Waals surface area (Å²) in [4.78, 5) is 16.0. The van der Waals surface area contributed by atoms with Crippen molar-refractivity contribution in [2.24, 2.45) is 0 Å². The number of pyridine rings is 1. The molecule has 1 aromatic heterocycles. The van der Waals surface area contributed by atoms with E-state index in [0.717, 1.165) is 6.07 Å². The molecule has 2 N–H and O–H groups in total. The van der Waals surface area contributed by atoms with Gasteiger partial charge in [-0.25, -0.2) is 13.8 Å². The third-order valence-corrected chi connectivity index (χ3v) is 3.22. The van der Waals surface area contributed by atoms with Crippen LogP contribution < -0.4 is 5.32 Å². The van der Waals surface area contributed by atoms with Gasteiger partial charge in [-0.1, -0.05) is 19.1 Å². The Morgan fingerprint density at radius 3 is 2.77 bits per heavy atom. The normalized spacial score (nSPS) is 12.0. The zero-order chi connectivity index (χ0) is 16.1. The van der Waals surface area contributed by atoms with E-state index in [0.29, 0.717) is 11.5 Å². The molecule has 1 unspecified atom stereocenters. The van der Waals surface area contributed by atoms with Gasteiger partial charge in [0, 0.05) is 12.5 Å². The first-order valence-corrected chi connectivity index (χ1v) is 6.81. The quantitative estimate of drug-likeness (QED) is 0.892. The summed E-state index contributed by atoms with van der Waals surface area (Å²) in [7, 11) is 0. The van der Waals surface area contributed by atoms with Gasteiger partial charge in [0.15, 0.2) is 0 Å². The van der Waals surface area contributed by atoms with Crippen LogP contribution in [0.15, 0.2) is 36.4 Å². The van der Waals surface area contributed by atoms with Crippen molar-refractivity contribution in [3.63, 3.8) is 0 Å². The first kappa shape index (κ1) is 16.0. The fourth-order valence-corrected chi connectivity index (χ4v) is 2.12. The van der Waals surface area contributed by atoms with Crippen LogP contribution in [0.3, 0.4) is 0 Å². The molecule has 0 aliphatic heterocycles. The number of aliphatic hydroxyl groups is 1. The maximum atomic E-state index is 13.7. The molecule has 0 bridgehead atoms. The van der Waals surface area contributed by atoms with Crippen LogP contribution >= 0.6 is 0 Å². The molecule has 1 atom stereocenters. The Balaban J connectivity index is 2.01. The van der Waals surface area contributed by atoms with E-state index in [2.05, 4.69) is 10.3 Å². The molecule has 116 valence electrons. The number of halogens is 2. The van der Waals surface area contributed by atoms with Crippen LogP contribution in [0.25, 0.3) is 0 Å². The van der Waals surface area contributed by atoms with Gasteiger partial charge in [0.05, 0.1) is 12.3 Å². The van der Waals surface area contributed by atoms with E-state index < -0.39 is 17.6 Å². The molecule has 2 rings (SSSR count). The van der Waals surface area contributed by atoms with Crippen molar-refractivity contribution in [2.45, 2.75) is 25.9 Å². The van der Waals surface area contributed by atoms with Gasteiger partial charge in [-0.3, -0.25) is 4.79 Å². The smallest absolute Gasteiger partial charge is 0.226 e. The summed E-state index contributed by atoms with van der Waals surface area (Å²) in [5.74, 6) is -1.73. The lowest BCUT2D eigenvalue weighted by atomic mass is 9.97. The second-order valence-corrected chi connectivity index (χ2v) is 4.99. The standard InChI is InChI=1S/C16H16F2N2O2/c1-10(13-6-5-11(17)8-14(13)18)7-16(22)20-15-4-2-3-12(9-21)19-15/h2-6,8,10,21H,7,9H2,1H3,(H,19,20,22). The minimum Gasteiger partial charge on any atom is -0.390 e. The zero-order valence-electron chi connectivity index (χ0n) is 12.0. The molecule has 1 aromatic carbocycles. The van der Waals surface area contributed by atoms with Gasteiger partial charge in [0.1, 0.15) is 17.5 Å². The number of hydrogen-bond donors (Lipinski definition) is 2. The highest BCUT2D eigenvalue weighted by molar-refractivity contribution is 5.90. The van der Waals surface area contributed by atoms with E-state index >= 15 is 0 Å². The Morgan fingerprint density at radius 1 is 1.32 bits per heavy atom. The second-order valence-electron chi connectivity index (χ2n) is 4.99. The Kier molecular flexibility index (Phi) is 5.16. The highest BCUT2D eigenvalue weighted by atomic mass is 19.1. The molecule has 22 heavy (non-hydrogen) atoms. The van der Waals surface area contributed by atoms with Crippen LogP contribution in [0, 0.1) is 11.6 Å². The predicted octanol–water partition coefficient (Wildman–Crippen LogP) is 2.98. The van der Waals surface area contributed by atoms with Gasteiger partial charge in [0.25, 0.3) is 0 Å². The van der Waals surface area contributed by atoms with Crippen molar-refractivity contribution >= 4 is 11.7 Å². The first-order chi connectivity index (χ1) is 10.5. The summed E-state index contributed by atoms with van der Waals surface area (Å²) in [5.41, 5.74) is 0.726. The van der Waals surface area contributed by atoms with Crippen LogP contribution in [0.4, 0.5) is 14.6 Å². The fraction of sp³-hybridized carbons (Fsp3) is 0.250. The largest absolute Gasteiger partial charge is 0.390 e. The molecule has 2 aromatic rings. The average molecular weight is 306 g/mol. The Labute approximate surface area is 126 Å². The number of carbonyl (C=O) groups is 1. The first-order valence-electron chi connectivity index (χ1n) is 6.81. The molecule has 0 fully saturated rings. The van der Waals surface area contributed by atoms with E-state index in [9.17, 15) is 13.6 Å². The lowest BCUT2D eigenvalue weighted by Gasteiger charge is -2.13. The number of amides is 1. The van der Waals surface area contributed by atoms with E-state index in [4.69, 9.17) is 5.11 Å². The second kappa shape index (κ2) is 7.09. The molecule has 4 nitrogen and oxygen atoms in total. The minimum absolute atomic E-state index is 0.0353. The monoisotopic (exact) mass is 306 g/mol. The zero-order valence-corrected chi connectivity index (χ0v) is 12.0. The van der Waals surface area contributed by atoms with Gasteiger partial charge in [-0.2, -0.15) is 0 Å². The van der Waals surface area contributed by atoms with Crippen molar-refractivity contribution in [3.8, 4) is 0 Å². The summed E-state index contributed by atoms with van der Waals surface area (Å²) in [5, 5.41) is 11.6. The summed E-state index contributed by atoms with van der Waals surface area (Å²) >= 11 is 0. The summed E-state index contributed by atoms with van der Waals surface area (Å²) in [6, 6.07) is 8.20. The number of nitrogens with zero attached hydrogens (tertiary/aromatic N) is 1. The minimum atomic E-state index is -0.666. The number of aliphatic hydroxyl groups excluding tert-OH is 1. The summed E-state index contributed by atoms with van der Waals surface area (Å²) in [6.07, 6.45) is 0.0353. The number of benzene rings is 1. The topological polar surface area (TPSA) is 62.2 Å². The predicted molar refractivity (Wildman–Crippen MR) is 78.2 cm³/mol. The summed E-state index contributed by atoms with van der Waals surface area (Å²) in [6.45, 7) is 1.47. The highest BCUT2D eigenvalue weighted by Gasteiger charge is 2.16. The van der Waals surface area contributed by atoms with Crippen LogP contribution in [0.5, 0.6) is 0 Å². The third-order valence-electron chi connectivity index (χ3n) is 3.22. The maximum Gasteiger partial charge on any atom is 0.226 e. The van der Waals surface area contributed by atoms with E-state index in [1.165, 1.54) is 12.1 Å². The van der Waals surface area contributed by atoms with E-state index in [-0.39, 0.29) is 24.5 Å². The molecule has 0 saturated heterocycles. The lowest BCUT2D eigenvalue weighted by molar-refractivity contribution is -0.116. The van der Waals surface area contributed by atoms with Crippen molar-refractivity contribution in [1.29, 1.82) is 0 Å². The molecular formula is C16H16F2N2O2. The van der Waals surface area contributed by atoms with Gasteiger partial charge >= 0.3 is 0 Å². The molecule has 0 aliphatic carbocycles. The highest BCUT2D eigenvalue weighted by Crippen LogP contribution is 2.23. The van der Waals surface area contributed by atoms with Gasteiger partial charge in [-0.05, 0) is 29.7 Å². The third kappa shape index (κ3) is 4.08. The Morgan fingerprint density at radius 2 is 2.09 bits per heavy atom. The van der Waals surface area contributed by atoms with Gasteiger partial charge < -0.3 is 10.4 Å². The van der Waals surface area contributed by atoms with Gasteiger partial charge in [0.2, 0.25) is 5.91 Å². The molecule has 6 heteroatoms. The van der Waals surface area contributed by atoms with Crippen molar-refractivity contribution in [3.05, 3.63) is 59.3 Å². The van der Waals surface area contributed by atoms with E-state index in [1.54, 1.807) is 25.1 Å². The molecule has 1 heterocycles. The van der Waals surface area contributed by atoms with Crippen LogP contribution in [-0.4, -0.2) is 16.0 Å². The van der Waals surface area contributed by atoms with Gasteiger partial charge in [-0.15, -0.1) is 0 Å². The number of aromatic nitrogens is 1. The number of hydrogen-bond acceptors (Lipinski definition) is 3. The molecule has 0 radical (unpaired) electrons. The number of carbonyl (C=O) groups excluding carboxylic acids is 1. The van der Waals surface area contributed by atoms with Crippen LogP contribution in [0.2, 0.25) is 0 Å². The average Bonchev–Trinajstić information content (AvgIpc) is 2.47. The van der Waals surface area contributed by atoms with Crippen LogP contribution in [0.1, 0.15) is 30.5 Å². The Hall–Kier alpha value is -2.34. The SMILES string of the molecule is CC(CC(=O)Nc1cccc(CO)n1)c1ccc(F)cc1F. The molecule has 0 saturated carbocycles. The van der Waals surface area contributed by atoms with E-state index in [1.807, 2.05) is 0 Å². The Bertz CT molecular complexity index is 677. The number of rotatable bonds is 5. The number of anilines is 1. The molecule has 0 spiro atoms.